The third-order valence-electron chi connectivity index (χ3n) is 4.80. The number of likely N-dealkylation sites (tertiary alicyclic amines) is 1. The summed E-state index contributed by atoms with van der Waals surface area (Å²) in [6, 6.07) is 1.87. The van der Waals surface area contributed by atoms with Gasteiger partial charge in [-0.15, -0.1) is 0 Å². The lowest BCUT2D eigenvalue weighted by Crippen LogP contribution is -2.53. The predicted octanol–water partition coefficient (Wildman–Crippen LogP) is 4.07. The van der Waals surface area contributed by atoms with Gasteiger partial charge >= 0.3 is 6.09 Å². The maximum atomic E-state index is 11.8. The van der Waals surface area contributed by atoms with Crippen molar-refractivity contribution in [1.29, 1.82) is 0 Å². The third kappa shape index (κ3) is 2.79. The van der Waals surface area contributed by atoms with Crippen LogP contribution in [0.5, 0.6) is 0 Å². The number of rotatable bonds is 1. The van der Waals surface area contributed by atoms with E-state index in [1.165, 1.54) is 0 Å². The molecule has 1 amide bonds. The van der Waals surface area contributed by atoms with E-state index in [2.05, 4.69) is 46.8 Å². The molecule has 6 nitrogen and oxygen atoms in total. The summed E-state index contributed by atoms with van der Waals surface area (Å²) < 4.78 is 2.76. The number of hydrogen-bond donors (Lipinski definition) is 1. The molecule has 2 aromatic heterocycles. The first kappa shape index (κ1) is 17.2. The van der Waals surface area contributed by atoms with Gasteiger partial charge in [0.25, 0.3) is 0 Å². The van der Waals surface area contributed by atoms with E-state index in [1.54, 1.807) is 11.1 Å². The van der Waals surface area contributed by atoms with Crippen LogP contribution in [0.15, 0.2) is 16.7 Å². The van der Waals surface area contributed by atoms with E-state index in [4.69, 9.17) is 0 Å². The maximum absolute atomic E-state index is 11.8. The molecule has 7 heteroatoms. The van der Waals surface area contributed by atoms with Crippen molar-refractivity contribution in [2.24, 2.45) is 5.41 Å². The molecule has 1 saturated heterocycles. The molecule has 0 saturated carbocycles. The summed E-state index contributed by atoms with van der Waals surface area (Å²) in [7, 11) is 0. The first-order valence-electron chi connectivity index (χ1n) is 8.21. The number of hydrogen-bond acceptors (Lipinski definition) is 3. The van der Waals surface area contributed by atoms with Crippen molar-refractivity contribution in [2.75, 3.05) is 6.54 Å². The molecule has 130 valence electrons. The molecule has 1 aliphatic rings. The first-order valence-corrected chi connectivity index (χ1v) is 9.00. The van der Waals surface area contributed by atoms with E-state index in [-0.39, 0.29) is 17.4 Å². The number of nitrogens with zero attached hydrogens (tertiary/aromatic N) is 4. The molecule has 0 spiro atoms. The van der Waals surface area contributed by atoms with Gasteiger partial charge in [-0.1, -0.05) is 20.8 Å². The molecule has 2 unspecified atom stereocenters. The van der Waals surface area contributed by atoms with E-state index in [0.717, 1.165) is 34.3 Å². The normalized spacial score (nSPS) is 22.1. The Morgan fingerprint density at radius 1 is 1.42 bits per heavy atom. The number of aromatic nitrogens is 3. The van der Waals surface area contributed by atoms with Gasteiger partial charge in [0.05, 0.1) is 15.9 Å². The second-order valence-electron chi connectivity index (χ2n) is 7.54. The second-order valence-corrected chi connectivity index (χ2v) is 8.33. The van der Waals surface area contributed by atoms with Crippen LogP contribution in [0, 0.1) is 12.3 Å². The Kier molecular flexibility index (Phi) is 4.32. The van der Waals surface area contributed by atoms with E-state index < -0.39 is 6.09 Å². The highest BCUT2D eigenvalue weighted by Gasteiger charge is 2.43. The Morgan fingerprint density at radius 3 is 2.75 bits per heavy atom. The van der Waals surface area contributed by atoms with E-state index in [9.17, 15) is 9.90 Å². The fraction of sp³-hybridized carbons (Fsp3) is 0.588. The Balaban J connectivity index is 2.16. The van der Waals surface area contributed by atoms with Crippen LogP contribution in [0.3, 0.4) is 0 Å². The fourth-order valence-corrected chi connectivity index (χ4v) is 4.26. The smallest absolute Gasteiger partial charge is 0.407 e. The molecule has 1 aliphatic heterocycles. The third-order valence-corrected chi connectivity index (χ3v) is 5.72. The molecular weight excluding hydrogens is 372 g/mol. The summed E-state index contributed by atoms with van der Waals surface area (Å²) in [5, 5.41) is 14.3. The van der Waals surface area contributed by atoms with Gasteiger partial charge in [0.15, 0.2) is 5.65 Å². The Hall–Kier alpha value is -1.63. The highest BCUT2D eigenvalue weighted by molar-refractivity contribution is 9.10. The summed E-state index contributed by atoms with van der Waals surface area (Å²) >= 11 is 3.55. The Morgan fingerprint density at radius 2 is 2.12 bits per heavy atom. The van der Waals surface area contributed by atoms with Crippen LogP contribution in [0.4, 0.5) is 4.79 Å². The number of fused-ring (bicyclic) bond motifs is 1. The fourth-order valence-electron chi connectivity index (χ4n) is 3.91. The van der Waals surface area contributed by atoms with Crippen molar-refractivity contribution in [3.8, 4) is 0 Å². The van der Waals surface area contributed by atoms with Crippen LogP contribution in [-0.2, 0) is 0 Å². The minimum absolute atomic E-state index is 0.0894. The summed E-state index contributed by atoms with van der Waals surface area (Å²) in [5.41, 5.74) is 2.52. The maximum Gasteiger partial charge on any atom is 0.407 e. The van der Waals surface area contributed by atoms with Gasteiger partial charge in [-0.25, -0.2) is 14.3 Å². The molecule has 0 aromatic carbocycles. The molecular formula is C17H23BrN4O2. The second kappa shape index (κ2) is 6.02. The van der Waals surface area contributed by atoms with Crippen LogP contribution < -0.4 is 0 Å². The topological polar surface area (TPSA) is 70.7 Å². The molecule has 24 heavy (non-hydrogen) atoms. The zero-order valence-corrected chi connectivity index (χ0v) is 16.0. The highest BCUT2D eigenvalue weighted by atomic mass is 79.9. The van der Waals surface area contributed by atoms with Gasteiger partial charge in [0.1, 0.15) is 0 Å². The number of carboxylic acid groups (broad SMARTS) is 1. The van der Waals surface area contributed by atoms with Crippen molar-refractivity contribution < 1.29 is 9.90 Å². The largest absolute Gasteiger partial charge is 0.465 e. The standard InChI is InChI=1S/C17H23BrN4O2/c1-10-13(18)15-19-8-7-12(22(15)20-10)11-6-5-9-21(16(23)24)14(11)17(2,3)4/h7-8,11,14H,5-6,9H2,1-4H3,(H,23,24). The molecule has 0 aliphatic carbocycles. The zero-order valence-electron chi connectivity index (χ0n) is 14.5. The van der Waals surface area contributed by atoms with Crippen molar-refractivity contribution in [2.45, 2.75) is 52.5 Å². The van der Waals surface area contributed by atoms with Crippen molar-refractivity contribution in [3.05, 3.63) is 28.1 Å². The lowest BCUT2D eigenvalue weighted by atomic mass is 9.73. The van der Waals surface area contributed by atoms with Gasteiger partial charge in [-0.2, -0.15) is 5.10 Å². The monoisotopic (exact) mass is 394 g/mol. The summed E-state index contributed by atoms with van der Waals surface area (Å²) in [6.07, 6.45) is 2.74. The average Bonchev–Trinajstić information content (AvgIpc) is 2.81. The molecule has 2 aromatic rings. The number of carbonyl (C=O) groups is 1. The Bertz CT molecular complexity index is 781. The molecule has 0 bridgehead atoms. The summed E-state index contributed by atoms with van der Waals surface area (Å²) in [4.78, 5) is 17.8. The minimum Gasteiger partial charge on any atom is -0.465 e. The molecule has 1 fully saturated rings. The number of halogens is 1. The number of piperidine rings is 1. The van der Waals surface area contributed by atoms with Gasteiger partial charge in [0, 0.05) is 24.7 Å². The molecule has 0 radical (unpaired) electrons. The van der Waals surface area contributed by atoms with Gasteiger partial charge in [0.2, 0.25) is 0 Å². The van der Waals surface area contributed by atoms with Crippen molar-refractivity contribution in [3.63, 3.8) is 0 Å². The average molecular weight is 395 g/mol. The molecule has 1 N–H and O–H groups in total. The predicted molar refractivity (Wildman–Crippen MR) is 95.4 cm³/mol. The number of amides is 1. The lowest BCUT2D eigenvalue weighted by molar-refractivity contribution is 0.0442. The summed E-state index contributed by atoms with van der Waals surface area (Å²) in [5.74, 6) is 0.0894. The van der Waals surface area contributed by atoms with Crippen LogP contribution in [0.25, 0.3) is 5.65 Å². The first-order chi connectivity index (χ1) is 11.2. The van der Waals surface area contributed by atoms with Crippen LogP contribution in [0.1, 0.15) is 50.9 Å². The minimum atomic E-state index is -0.845. The number of aryl methyl sites for hydroxylation is 1. The van der Waals surface area contributed by atoms with E-state index in [1.807, 2.05) is 17.5 Å². The lowest BCUT2D eigenvalue weighted by Gasteiger charge is -2.46. The van der Waals surface area contributed by atoms with Crippen LogP contribution in [0.2, 0.25) is 0 Å². The SMILES string of the molecule is Cc1nn2c(C3CCCN(C(=O)O)C3C(C)(C)C)ccnc2c1Br. The van der Waals surface area contributed by atoms with Crippen LogP contribution >= 0.6 is 15.9 Å². The molecule has 2 atom stereocenters. The molecule has 3 rings (SSSR count). The van der Waals surface area contributed by atoms with E-state index >= 15 is 0 Å². The van der Waals surface area contributed by atoms with E-state index in [0.29, 0.717) is 6.54 Å². The van der Waals surface area contributed by atoms with Crippen LogP contribution in [-0.4, -0.2) is 43.3 Å². The van der Waals surface area contributed by atoms with Gasteiger partial charge in [-0.05, 0) is 47.2 Å². The Labute approximate surface area is 150 Å². The summed E-state index contributed by atoms with van der Waals surface area (Å²) in [6.45, 7) is 8.84. The quantitative estimate of drug-likeness (QED) is 0.790. The van der Waals surface area contributed by atoms with Gasteiger partial charge < -0.3 is 10.0 Å². The molecule has 3 heterocycles. The van der Waals surface area contributed by atoms with Crippen molar-refractivity contribution in [1.82, 2.24) is 19.5 Å². The van der Waals surface area contributed by atoms with Crippen molar-refractivity contribution >= 4 is 27.7 Å². The highest BCUT2D eigenvalue weighted by Crippen LogP contribution is 2.42. The van der Waals surface area contributed by atoms with Gasteiger partial charge in [-0.3, -0.25) is 0 Å². The zero-order chi connectivity index (χ0) is 17.6.